The minimum atomic E-state index is -4.34. The largest absolute Gasteiger partial charge is 0.433 e. The summed E-state index contributed by atoms with van der Waals surface area (Å²) in [5.74, 6) is 0. The van der Waals surface area contributed by atoms with Gasteiger partial charge in [0.05, 0.1) is 0 Å². The highest BCUT2D eigenvalue weighted by atomic mass is 32.3. The fourth-order valence-corrected chi connectivity index (χ4v) is 2.05. The topological polar surface area (TPSA) is 12.4 Å². The van der Waals surface area contributed by atoms with Crippen LogP contribution in [0.3, 0.4) is 0 Å². The van der Waals surface area contributed by atoms with Gasteiger partial charge in [-0.3, -0.25) is 0 Å². The molecule has 5 heteroatoms. The number of hydrogen-bond donors (Lipinski definition) is 0. The number of hydrogen-bond acceptors (Lipinski definition) is 1. The van der Waals surface area contributed by atoms with Crippen molar-refractivity contribution in [2.75, 3.05) is 12.5 Å². The Morgan fingerprint density at radius 1 is 1.23 bits per heavy atom. The van der Waals surface area contributed by atoms with Gasteiger partial charge in [0.15, 0.2) is 5.71 Å². The molecule has 0 radical (unpaired) electrons. The predicted molar refractivity (Wildman–Crippen MR) is 51.2 cm³/mol. The van der Waals surface area contributed by atoms with Gasteiger partial charge < -0.3 is 0 Å². The van der Waals surface area contributed by atoms with Crippen LogP contribution in [0, 0.1) is 0 Å². The van der Waals surface area contributed by atoms with E-state index in [-0.39, 0.29) is 0 Å². The second-order valence-corrected chi connectivity index (χ2v) is 6.17. The standard InChI is InChI=1S/C8H10F3NS/c1-13(2)6-4-3-5-7(12-13)8(9,10)11/h3-6H,1-2H3. The molecule has 0 aliphatic carbocycles. The van der Waals surface area contributed by atoms with Crippen LogP contribution < -0.4 is 0 Å². The van der Waals surface area contributed by atoms with E-state index in [4.69, 9.17) is 0 Å². The number of rotatable bonds is 0. The van der Waals surface area contributed by atoms with Gasteiger partial charge in [-0.2, -0.15) is 13.2 Å². The maximum Gasteiger partial charge on any atom is 0.433 e. The third-order valence-electron chi connectivity index (χ3n) is 1.40. The second-order valence-electron chi connectivity index (χ2n) is 3.01. The average molecular weight is 209 g/mol. The Hall–Kier alpha value is -0.710. The van der Waals surface area contributed by atoms with E-state index in [0.717, 1.165) is 6.08 Å². The van der Waals surface area contributed by atoms with Crippen molar-refractivity contribution >= 4 is 15.9 Å². The van der Waals surface area contributed by atoms with Crippen molar-refractivity contribution in [2.24, 2.45) is 4.40 Å². The SMILES string of the molecule is CS1(C)C=CC=CC(C(F)(F)F)=N1. The van der Waals surface area contributed by atoms with Gasteiger partial charge in [-0.1, -0.05) is 12.2 Å². The van der Waals surface area contributed by atoms with Gasteiger partial charge >= 0.3 is 6.18 Å². The predicted octanol–water partition coefficient (Wildman–Crippen LogP) is 3.05. The van der Waals surface area contributed by atoms with E-state index >= 15 is 0 Å². The summed E-state index contributed by atoms with van der Waals surface area (Å²) >= 11 is 0. The zero-order chi connectivity index (χ0) is 10.1. The van der Waals surface area contributed by atoms with E-state index in [1.54, 1.807) is 24.0 Å². The van der Waals surface area contributed by atoms with Gasteiger partial charge in [-0.05, 0) is 24.0 Å². The monoisotopic (exact) mass is 209 g/mol. The van der Waals surface area contributed by atoms with Crippen molar-refractivity contribution in [1.29, 1.82) is 0 Å². The van der Waals surface area contributed by atoms with E-state index in [1.807, 2.05) is 0 Å². The van der Waals surface area contributed by atoms with Crippen molar-refractivity contribution < 1.29 is 13.2 Å². The fraction of sp³-hybridized carbons (Fsp3) is 0.375. The molecule has 74 valence electrons. The Balaban J connectivity index is 3.06. The highest BCUT2D eigenvalue weighted by Gasteiger charge is 2.35. The number of halogens is 3. The molecule has 1 heterocycles. The molecule has 0 atom stereocenters. The maximum absolute atomic E-state index is 12.3. The summed E-state index contributed by atoms with van der Waals surface area (Å²) in [4.78, 5) is 0. The molecule has 0 aromatic carbocycles. The summed E-state index contributed by atoms with van der Waals surface area (Å²) in [6, 6.07) is 0. The summed E-state index contributed by atoms with van der Waals surface area (Å²) in [6.45, 7) is 0. The lowest BCUT2D eigenvalue weighted by Gasteiger charge is -2.21. The highest BCUT2D eigenvalue weighted by Crippen LogP contribution is 2.45. The quantitative estimate of drug-likeness (QED) is 0.581. The van der Waals surface area contributed by atoms with Crippen LogP contribution in [0.2, 0.25) is 0 Å². The first-order valence-electron chi connectivity index (χ1n) is 3.56. The molecule has 0 aromatic heterocycles. The molecular formula is C8H10F3NS. The lowest BCUT2D eigenvalue weighted by atomic mass is 10.3. The lowest BCUT2D eigenvalue weighted by Crippen LogP contribution is -2.20. The molecule has 1 nitrogen and oxygen atoms in total. The van der Waals surface area contributed by atoms with Gasteiger partial charge in [0.25, 0.3) is 0 Å². The van der Waals surface area contributed by atoms with E-state index in [9.17, 15) is 13.2 Å². The summed E-state index contributed by atoms with van der Waals surface area (Å²) in [7, 11) is -1.63. The van der Waals surface area contributed by atoms with Gasteiger partial charge in [0.1, 0.15) is 0 Å². The molecule has 0 aromatic rings. The molecule has 0 fully saturated rings. The molecule has 13 heavy (non-hydrogen) atoms. The molecule has 0 N–H and O–H groups in total. The van der Waals surface area contributed by atoms with Crippen molar-refractivity contribution in [3.8, 4) is 0 Å². The zero-order valence-corrected chi connectivity index (χ0v) is 8.12. The van der Waals surface area contributed by atoms with Crippen LogP contribution in [0.1, 0.15) is 0 Å². The average Bonchev–Trinajstić information content (AvgIpc) is 2.08. The minimum Gasteiger partial charge on any atom is -0.229 e. The first kappa shape index (κ1) is 10.4. The molecule has 1 rings (SSSR count). The Labute approximate surface area is 76.5 Å². The van der Waals surface area contributed by atoms with Crippen molar-refractivity contribution in [2.45, 2.75) is 6.18 Å². The summed E-state index contributed by atoms with van der Waals surface area (Å²) in [5.41, 5.74) is -0.794. The molecule has 0 amide bonds. The normalized spacial score (nSPS) is 23.6. The van der Waals surface area contributed by atoms with Crippen LogP contribution in [-0.2, 0) is 0 Å². The van der Waals surface area contributed by atoms with Crippen LogP contribution in [0.4, 0.5) is 13.2 Å². The second kappa shape index (κ2) is 3.21. The summed E-state index contributed by atoms with van der Waals surface area (Å²) < 4.78 is 40.5. The van der Waals surface area contributed by atoms with E-state index in [2.05, 4.69) is 4.40 Å². The summed E-state index contributed by atoms with van der Waals surface area (Å²) in [5, 5.41) is 1.71. The van der Waals surface area contributed by atoms with Crippen LogP contribution in [0.15, 0.2) is 28.0 Å². The lowest BCUT2D eigenvalue weighted by molar-refractivity contribution is -0.0574. The zero-order valence-electron chi connectivity index (χ0n) is 7.30. The number of allylic oxidation sites excluding steroid dienone is 3. The summed E-state index contributed by atoms with van der Waals surface area (Å²) in [6.07, 6.45) is 3.06. The smallest absolute Gasteiger partial charge is 0.229 e. The highest BCUT2D eigenvalue weighted by molar-refractivity contribution is 8.34. The Kier molecular flexibility index (Phi) is 2.56. The van der Waals surface area contributed by atoms with Crippen molar-refractivity contribution in [1.82, 2.24) is 0 Å². The molecule has 0 saturated carbocycles. The van der Waals surface area contributed by atoms with Gasteiger partial charge in [0.2, 0.25) is 0 Å². The first-order valence-corrected chi connectivity index (χ1v) is 6.03. The third-order valence-corrected chi connectivity index (χ3v) is 2.89. The van der Waals surface area contributed by atoms with Crippen molar-refractivity contribution in [3.05, 3.63) is 23.6 Å². The third kappa shape index (κ3) is 2.91. The molecule has 0 saturated heterocycles. The van der Waals surface area contributed by atoms with Gasteiger partial charge in [-0.25, -0.2) is 4.40 Å². The molecule has 0 unspecified atom stereocenters. The first-order chi connectivity index (χ1) is 5.81. The maximum atomic E-state index is 12.3. The molecule has 0 bridgehead atoms. The van der Waals surface area contributed by atoms with Crippen LogP contribution in [-0.4, -0.2) is 24.4 Å². The fourth-order valence-electron chi connectivity index (χ4n) is 0.845. The van der Waals surface area contributed by atoms with Crippen LogP contribution in [0.25, 0.3) is 0 Å². The Bertz CT molecular complexity index is 286. The Morgan fingerprint density at radius 2 is 1.85 bits per heavy atom. The van der Waals surface area contributed by atoms with Crippen LogP contribution >= 0.6 is 10.2 Å². The Morgan fingerprint density at radius 3 is 2.38 bits per heavy atom. The van der Waals surface area contributed by atoms with E-state index in [1.165, 1.54) is 6.08 Å². The van der Waals surface area contributed by atoms with Crippen molar-refractivity contribution in [3.63, 3.8) is 0 Å². The molecule has 0 spiro atoms. The van der Waals surface area contributed by atoms with E-state index < -0.39 is 22.1 Å². The molecule has 1 aliphatic heterocycles. The van der Waals surface area contributed by atoms with E-state index in [0.29, 0.717) is 0 Å². The van der Waals surface area contributed by atoms with Gasteiger partial charge in [0, 0.05) is 0 Å². The van der Waals surface area contributed by atoms with Gasteiger partial charge in [-0.15, -0.1) is 10.2 Å². The number of alkyl halides is 3. The molecule has 1 aliphatic rings. The number of nitrogens with zero attached hydrogens (tertiary/aromatic N) is 1. The molecular weight excluding hydrogens is 199 g/mol. The van der Waals surface area contributed by atoms with Crippen LogP contribution in [0.5, 0.6) is 0 Å². The minimum absolute atomic E-state index is 0.794.